The van der Waals surface area contributed by atoms with Gasteiger partial charge in [-0.05, 0) is 55.5 Å². The molecule has 0 atom stereocenters. The average Bonchev–Trinajstić information content (AvgIpc) is 3.05. The zero-order chi connectivity index (χ0) is 23.1. The smallest absolute Gasteiger partial charge is 0.268 e. The van der Waals surface area contributed by atoms with E-state index in [2.05, 4.69) is 10.3 Å². The summed E-state index contributed by atoms with van der Waals surface area (Å²) in [6.07, 6.45) is 5.38. The minimum Gasteiger partial charge on any atom is -0.268 e. The van der Waals surface area contributed by atoms with Crippen molar-refractivity contribution >= 4 is 44.2 Å². The van der Waals surface area contributed by atoms with Gasteiger partial charge in [-0.3, -0.25) is 14.2 Å². The first-order valence-electron chi connectivity index (χ1n) is 11.3. The van der Waals surface area contributed by atoms with E-state index in [0.29, 0.717) is 16.1 Å². The Bertz CT molecular complexity index is 1640. The zero-order valence-corrected chi connectivity index (χ0v) is 19.9. The van der Waals surface area contributed by atoms with Crippen LogP contribution in [0.15, 0.2) is 69.3 Å². The fraction of sp³-hybridized carbons (Fsp3) is 0.240. The Morgan fingerprint density at radius 2 is 1.71 bits per heavy atom. The van der Waals surface area contributed by atoms with Crippen LogP contribution in [0.1, 0.15) is 29.7 Å². The molecular weight excluding hydrogens is 466 g/mol. The number of benzene rings is 2. The van der Waals surface area contributed by atoms with Gasteiger partial charge in [-0.1, -0.05) is 53.7 Å². The molecule has 0 saturated carbocycles. The zero-order valence-electron chi connectivity index (χ0n) is 18.3. The highest BCUT2D eigenvalue weighted by atomic mass is 32.2. The molecule has 0 radical (unpaired) electrons. The van der Waals surface area contributed by atoms with Gasteiger partial charge >= 0.3 is 0 Å². The second-order valence-electron chi connectivity index (χ2n) is 8.30. The molecule has 1 aliphatic rings. The number of rotatable bonds is 4. The van der Waals surface area contributed by atoms with Crippen LogP contribution in [0, 0.1) is 0 Å². The molecule has 2 aromatic carbocycles. The summed E-state index contributed by atoms with van der Waals surface area (Å²) < 4.78 is 2.99. The Balaban J connectivity index is 1.48. The van der Waals surface area contributed by atoms with Crippen LogP contribution >= 0.6 is 23.1 Å². The summed E-state index contributed by atoms with van der Waals surface area (Å²) in [5.41, 5.74) is 2.24. The van der Waals surface area contributed by atoms with Crippen molar-refractivity contribution in [2.24, 2.45) is 0 Å². The van der Waals surface area contributed by atoms with E-state index in [1.54, 1.807) is 28.0 Å². The van der Waals surface area contributed by atoms with E-state index < -0.39 is 0 Å². The van der Waals surface area contributed by atoms with Gasteiger partial charge < -0.3 is 0 Å². The van der Waals surface area contributed by atoms with Crippen LogP contribution in [0.3, 0.4) is 0 Å². The maximum atomic E-state index is 13.9. The number of fused-ring (bicyclic) bond motifs is 4. The first-order valence-corrected chi connectivity index (χ1v) is 13.1. The van der Waals surface area contributed by atoms with Gasteiger partial charge in [-0.2, -0.15) is 4.68 Å². The largest absolute Gasteiger partial charge is 0.278 e. The second-order valence-corrected chi connectivity index (χ2v) is 10.3. The highest BCUT2D eigenvalue weighted by molar-refractivity contribution is 7.98. The van der Waals surface area contributed by atoms with E-state index in [4.69, 9.17) is 4.98 Å². The first-order chi connectivity index (χ1) is 16.7. The summed E-state index contributed by atoms with van der Waals surface area (Å²) in [7, 11) is 0. The van der Waals surface area contributed by atoms with Gasteiger partial charge in [0.1, 0.15) is 10.3 Å². The molecule has 0 N–H and O–H groups in total. The van der Waals surface area contributed by atoms with Crippen molar-refractivity contribution in [2.75, 3.05) is 0 Å². The molecule has 9 heteroatoms. The second kappa shape index (κ2) is 8.81. The molecule has 0 aliphatic heterocycles. The molecule has 0 saturated heterocycles. The SMILES string of the molecule is O=c1c2ccccc2nnn1CSc1nc2sc3c(c2c(=O)n1-c1ccccc1)CCCCC3. The molecule has 3 aromatic heterocycles. The van der Waals surface area contributed by atoms with Gasteiger partial charge in [-0.25, -0.2) is 4.98 Å². The number of thioether (sulfide) groups is 1. The third-order valence-electron chi connectivity index (χ3n) is 6.17. The number of thiophene rings is 1. The normalized spacial score (nSPS) is 13.8. The van der Waals surface area contributed by atoms with Crippen LogP contribution in [0.2, 0.25) is 0 Å². The van der Waals surface area contributed by atoms with Crippen LogP contribution in [-0.4, -0.2) is 24.5 Å². The van der Waals surface area contributed by atoms with Crippen LogP contribution in [0.25, 0.3) is 26.8 Å². The summed E-state index contributed by atoms with van der Waals surface area (Å²) in [5, 5.41) is 10.1. The van der Waals surface area contributed by atoms with Crippen molar-refractivity contribution in [3.8, 4) is 5.69 Å². The summed E-state index contributed by atoms with van der Waals surface area (Å²) in [6, 6.07) is 16.7. The van der Waals surface area contributed by atoms with Gasteiger partial charge in [0.05, 0.1) is 22.3 Å². The van der Waals surface area contributed by atoms with Gasteiger partial charge in [-0.15, -0.1) is 16.4 Å². The van der Waals surface area contributed by atoms with Crippen LogP contribution in [0.4, 0.5) is 0 Å². The third-order valence-corrected chi connectivity index (χ3v) is 8.26. The number of aromatic nitrogens is 5. The quantitative estimate of drug-likeness (QED) is 0.210. The molecule has 0 unspecified atom stereocenters. The predicted octanol–water partition coefficient (Wildman–Crippen LogP) is 4.57. The monoisotopic (exact) mass is 487 g/mol. The third kappa shape index (κ3) is 3.65. The number of hydrogen-bond donors (Lipinski definition) is 0. The van der Waals surface area contributed by atoms with Gasteiger partial charge in [0.2, 0.25) is 0 Å². The molecule has 0 bridgehead atoms. The Kier molecular flexibility index (Phi) is 5.50. The van der Waals surface area contributed by atoms with Crippen LogP contribution < -0.4 is 11.1 Å². The van der Waals surface area contributed by atoms with E-state index in [1.807, 2.05) is 42.5 Å². The minimum absolute atomic E-state index is 0.0463. The van der Waals surface area contributed by atoms with Crippen LogP contribution in [-0.2, 0) is 18.7 Å². The van der Waals surface area contributed by atoms with Gasteiger partial charge in [0, 0.05) is 4.88 Å². The molecule has 170 valence electrons. The first kappa shape index (κ1) is 21.2. The molecule has 0 fully saturated rings. The Morgan fingerprint density at radius 1 is 0.912 bits per heavy atom. The lowest BCUT2D eigenvalue weighted by atomic mass is 10.1. The van der Waals surface area contributed by atoms with Crippen LogP contribution in [0.5, 0.6) is 0 Å². The molecule has 7 nitrogen and oxygen atoms in total. The van der Waals surface area contributed by atoms with E-state index in [9.17, 15) is 9.59 Å². The minimum atomic E-state index is -0.212. The van der Waals surface area contributed by atoms with Crippen molar-refractivity contribution in [1.82, 2.24) is 24.5 Å². The molecule has 1 aliphatic carbocycles. The number of aryl methyl sites for hydroxylation is 2. The molecule has 34 heavy (non-hydrogen) atoms. The van der Waals surface area contributed by atoms with E-state index >= 15 is 0 Å². The highest BCUT2D eigenvalue weighted by Gasteiger charge is 2.22. The average molecular weight is 488 g/mol. The fourth-order valence-corrected chi connectivity index (χ4v) is 6.68. The topological polar surface area (TPSA) is 82.7 Å². The Labute approximate surface area is 203 Å². The van der Waals surface area contributed by atoms with Crippen molar-refractivity contribution in [2.45, 2.75) is 43.1 Å². The fourth-order valence-electron chi connectivity index (χ4n) is 4.49. The molecular formula is C25H21N5O2S2. The number of para-hydroxylation sites is 1. The van der Waals surface area contributed by atoms with Crippen molar-refractivity contribution < 1.29 is 0 Å². The van der Waals surface area contributed by atoms with Gasteiger partial charge in [0.25, 0.3) is 11.1 Å². The van der Waals surface area contributed by atoms with E-state index in [0.717, 1.165) is 41.6 Å². The maximum Gasteiger partial charge on any atom is 0.278 e. The molecule has 6 rings (SSSR count). The summed E-state index contributed by atoms with van der Waals surface area (Å²) in [4.78, 5) is 33.8. The lowest BCUT2D eigenvalue weighted by Crippen LogP contribution is -2.25. The number of nitrogens with zero attached hydrogens (tertiary/aromatic N) is 5. The summed E-state index contributed by atoms with van der Waals surface area (Å²) in [6.45, 7) is 0. The Hall–Kier alpha value is -3.30. The summed E-state index contributed by atoms with van der Waals surface area (Å²) in [5.74, 6) is 0.201. The predicted molar refractivity (Wildman–Crippen MR) is 136 cm³/mol. The number of hydrogen-bond acceptors (Lipinski definition) is 7. The lowest BCUT2D eigenvalue weighted by Gasteiger charge is -2.13. The molecule has 3 heterocycles. The van der Waals surface area contributed by atoms with Crippen molar-refractivity contribution in [1.29, 1.82) is 0 Å². The van der Waals surface area contributed by atoms with Crippen molar-refractivity contribution in [3.63, 3.8) is 0 Å². The molecule has 0 amide bonds. The van der Waals surface area contributed by atoms with E-state index in [1.165, 1.54) is 33.3 Å². The summed E-state index contributed by atoms with van der Waals surface area (Å²) >= 11 is 2.95. The van der Waals surface area contributed by atoms with Crippen molar-refractivity contribution in [3.05, 3.63) is 85.7 Å². The standard InChI is InChI=1S/C25H21N5O2S2/c31-23-17-11-7-8-13-19(17)27-28-29(23)15-33-25-26-22-21(18-12-5-2-6-14-20(18)34-22)24(32)30(25)16-9-3-1-4-10-16/h1,3-4,7-11,13H,2,5-6,12,14-15H2. The van der Waals surface area contributed by atoms with E-state index in [-0.39, 0.29) is 17.0 Å². The van der Waals surface area contributed by atoms with Gasteiger partial charge in [0.15, 0.2) is 5.16 Å². The highest BCUT2D eigenvalue weighted by Crippen LogP contribution is 2.34. The maximum absolute atomic E-state index is 13.9. The molecule has 0 spiro atoms. The molecule has 5 aromatic rings. The Morgan fingerprint density at radius 3 is 2.59 bits per heavy atom. The lowest BCUT2D eigenvalue weighted by molar-refractivity contribution is 0.642.